The Morgan fingerprint density at radius 2 is 1.74 bits per heavy atom. The molecule has 0 aliphatic carbocycles. The molecule has 0 aliphatic rings. The number of rotatable bonds is 16. The Balaban J connectivity index is 3.07. The van der Waals surface area contributed by atoms with Crippen molar-refractivity contribution >= 4 is 41.4 Å². The Kier molecular flexibility index (Phi) is 12.8. The number of nitrogens with one attached hydrogen (secondary N) is 4. The molecule has 0 fully saturated rings. The van der Waals surface area contributed by atoms with Crippen LogP contribution in [0, 0.1) is 5.92 Å². The molecule has 5 unspecified atom stereocenters. The zero-order valence-electron chi connectivity index (χ0n) is 19.9. The van der Waals surface area contributed by atoms with Crippen molar-refractivity contribution in [3.05, 3.63) is 18.2 Å². The van der Waals surface area contributed by atoms with Crippen LogP contribution in [-0.4, -0.2) is 86.0 Å². The van der Waals surface area contributed by atoms with Crippen molar-refractivity contribution in [1.82, 2.24) is 25.9 Å². The van der Waals surface area contributed by atoms with E-state index in [0.717, 1.165) is 0 Å². The molecule has 13 nitrogen and oxygen atoms in total. The molecule has 5 atom stereocenters. The first-order valence-corrected chi connectivity index (χ1v) is 12.5. The lowest BCUT2D eigenvalue weighted by atomic mass is 9.97. The minimum atomic E-state index is -1.36. The smallest absolute Gasteiger partial charge is 0.326 e. The van der Waals surface area contributed by atoms with Crippen molar-refractivity contribution in [2.75, 3.05) is 12.0 Å². The maximum atomic E-state index is 13.2. The van der Waals surface area contributed by atoms with Crippen LogP contribution in [0.25, 0.3) is 0 Å². The van der Waals surface area contributed by atoms with E-state index in [4.69, 9.17) is 10.8 Å². The van der Waals surface area contributed by atoms with E-state index < -0.39 is 60.2 Å². The average molecular weight is 515 g/mol. The SMILES string of the molecule is CCC(C)C(NC(=O)C(N)CC(=O)O)C(=O)NC(Cc1cnc[nH]1)C(=O)NC(CCSC)C(=O)O. The molecule has 0 bridgehead atoms. The number of thioether (sulfide) groups is 1. The summed E-state index contributed by atoms with van der Waals surface area (Å²) in [6, 6.07) is -4.77. The van der Waals surface area contributed by atoms with Crippen molar-refractivity contribution in [2.45, 2.75) is 63.7 Å². The van der Waals surface area contributed by atoms with Gasteiger partial charge in [-0.2, -0.15) is 11.8 Å². The summed E-state index contributed by atoms with van der Waals surface area (Å²) in [5.41, 5.74) is 6.14. The summed E-state index contributed by atoms with van der Waals surface area (Å²) < 4.78 is 0. The molecular weight excluding hydrogens is 480 g/mol. The number of nitrogens with zero attached hydrogens (tertiary/aromatic N) is 1. The minimum Gasteiger partial charge on any atom is -0.481 e. The molecule has 1 heterocycles. The van der Waals surface area contributed by atoms with Gasteiger partial charge in [0, 0.05) is 18.3 Å². The summed E-state index contributed by atoms with van der Waals surface area (Å²) in [7, 11) is 0. The Morgan fingerprint density at radius 3 is 2.26 bits per heavy atom. The molecule has 0 aliphatic heterocycles. The van der Waals surface area contributed by atoms with Gasteiger partial charge in [-0.15, -0.1) is 0 Å². The highest BCUT2D eigenvalue weighted by Gasteiger charge is 2.33. The third-order valence-electron chi connectivity index (χ3n) is 5.36. The summed E-state index contributed by atoms with van der Waals surface area (Å²) in [5, 5.41) is 25.8. The van der Waals surface area contributed by atoms with Crippen LogP contribution in [0.4, 0.5) is 0 Å². The topological polar surface area (TPSA) is 217 Å². The Bertz CT molecular complexity index is 866. The molecule has 0 spiro atoms. The third-order valence-corrected chi connectivity index (χ3v) is 6.01. The van der Waals surface area contributed by atoms with Crippen molar-refractivity contribution in [3.63, 3.8) is 0 Å². The van der Waals surface area contributed by atoms with Gasteiger partial charge in [0.15, 0.2) is 0 Å². The lowest BCUT2D eigenvalue weighted by Crippen LogP contribution is -2.59. The summed E-state index contributed by atoms with van der Waals surface area (Å²) >= 11 is 1.43. The molecule has 1 aromatic rings. The van der Waals surface area contributed by atoms with Crippen LogP contribution in [0.2, 0.25) is 0 Å². The second-order valence-corrected chi connectivity index (χ2v) is 9.08. The average Bonchev–Trinajstić information content (AvgIpc) is 3.31. The van der Waals surface area contributed by atoms with Crippen LogP contribution in [0.15, 0.2) is 12.5 Å². The maximum absolute atomic E-state index is 13.2. The molecule has 8 N–H and O–H groups in total. The van der Waals surface area contributed by atoms with Gasteiger partial charge in [-0.3, -0.25) is 19.2 Å². The van der Waals surface area contributed by atoms with Gasteiger partial charge in [-0.25, -0.2) is 9.78 Å². The lowest BCUT2D eigenvalue weighted by molar-refractivity contribution is -0.142. The van der Waals surface area contributed by atoms with Gasteiger partial charge in [0.2, 0.25) is 17.7 Å². The van der Waals surface area contributed by atoms with E-state index in [1.54, 1.807) is 13.8 Å². The highest BCUT2D eigenvalue weighted by Crippen LogP contribution is 2.10. The number of carbonyl (C=O) groups excluding carboxylic acids is 3. The van der Waals surface area contributed by atoms with E-state index in [9.17, 15) is 29.1 Å². The number of hydrogen-bond acceptors (Lipinski definition) is 8. The van der Waals surface area contributed by atoms with E-state index in [1.807, 2.05) is 6.26 Å². The van der Waals surface area contributed by atoms with E-state index >= 15 is 0 Å². The number of aromatic amines is 1. The molecule has 1 aromatic heterocycles. The standard InChI is InChI=1S/C21H34N6O7S/c1-4-11(2)17(27-18(30)13(22)8-16(28)29)20(32)26-15(7-12-9-23-10-24-12)19(31)25-14(21(33)34)5-6-35-3/h9-11,13-15,17H,4-8,22H2,1-3H3,(H,23,24)(H,25,31)(H,26,32)(H,27,30)(H,28,29)(H,33,34). The number of carboxylic acids is 2. The van der Waals surface area contributed by atoms with Crippen LogP contribution in [0.5, 0.6) is 0 Å². The zero-order chi connectivity index (χ0) is 26.5. The summed E-state index contributed by atoms with van der Waals surface area (Å²) in [6.45, 7) is 3.51. The van der Waals surface area contributed by atoms with Crippen LogP contribution < -0.4 is 21.7 Å². The fourth-order valence-corrected chi connectivity index (χ4v) is 3.57. The predicted molar refractivity (Wildman–Crippen MR) is 128 cm³/mol. The molecule has 0 radical (unpaired) electrons. The molecule has 3 amide bonds. The van der Waals surface area contributed by atoms with E-state index in [-0.39, 0.29) is 18.8 Å². The van der Waals surface area contributed by atoms with E-state index in [1.165, 1.54) is 24.3 Å². The van der Waals surface area contributed by atoms with Gasteiger partial charge in [0.1, 0.15) is 18.1 Å². The van der Waals surface area contributed by atoms with Gasteiger partial charge < -0.3 is 36.9 Å². The quantitative estimate of drug-likeness (QED) is 0.144. The van der Waals surface area contributed by atoms with Gasteiger partial charge in [-0.1, -0.05) is 20.3 Å². The minimum absolute atomic E-state index is 0.00780. The molecule has 0 aromatic carbocycles. The number of H-pyrrole nitrogens is 1. The number of hydrogen-bond donors (Lipinski definition) is 7. The highest BCUT2D eigenvalue weighted by molar-refractivity contribution is 7.98. The first-order valence-electron chi connectivity index (χ1n) is 11.1. The molecule has 0 saturated carbocycles. The number of aromatic nitrogens is 2. The lowest BCUT2D eigenvalue weighted by Gasteiger charge is -2.27. The molecule has 14 heteroatoms. The first kappa shape index (κ1) is 29.9. The number of aliphatic carboxylic acids is 2. The third kappa shape index (κ3) is 10.3. The normalized spacial score (nSPS) is 15.2. The Hall–Kier alpha value is -3.13. The van der Waals surface area contributed by atoms with Crippen LogP contribution in [-0.2, 0) is 30.4 Å². The number of carboxylic acid groups (broad SMARTS) is 2. The van der Waals surface area contributed by atoms with Gasteiger partial charge in [0.05, 0.1) is 18.8 Å². The molecule has 0 saturated heterocycles. The zero-order valence-corrected chi connectivity index (χ0v) is 20.8. The van der Waals surface area contributed by atoms with Crippen LogP contribution in [0.3, 0.4) is 0 Å². The van der Waals surface area contributed by atoms with E-state index in [2.05, 4.69) is 25.9 Å². The van der Waals surface area contributed by atoms with Crippen molar-refractivity contribution in [3.8, 4) is 0 Å². The summed E-state index contributed by atoms with van der Waals surface area (Å²) in [5.74, 6) is -4.54. The number of carbonyl (C=O) groups is 5. The number of amides is 3. The Morgan fingerprint density at radius 1 is 1.09 bits per heavy atom. The highest BCUT2D eigenvalue weighted by atomic mass is 32.2. The fraction of sp³-hybridized carbons (Fsp3) is 0.619. The second-order valence-electron chi connectivity index (χ2n) is 8.10. The number of nitrogens with two attached hydrogens (primary N) is 1. The summed E-state index contributed by atoms with van der Waals surface area (Å²) in [6.07, 6.45) is 4.74. The van der Waals surface area contributed by atoms with Crippen LogP contribution >= 0.6 is 11.8 Å². The largest absolute Gasteiger partial charge is 0.481 e. The Labute approximate surface area is 207 Å². The van der Waals surface area contributed by atoms with Gasteiger partial charge in [-0.05, 0) is 24.3 Å². The second kappa shape index (κ2) is 15.0. The van der Waals surface area contributed by atoms with Gasteiger partial charge in [0.25, 0.3) is 0 Å². The van der Waals surface area contributed by atoms with Gasteiger partial charge >= 0.3 is 11.9 Å². The molecule has 35 heavy (non-hydrogen) atoms. The van der Waals surface area contributed by atoms with Crippen molar-refractivity contribution < 1.29 is 34.2 Å². The van der Waals surface area contributed by atoms with E-state index in [0.29, 0.717) is 17.9 Å². The molecule has 196 valence electrons. The monoisotopic (exact) mass is 514 g/mol. The fourth-order valence-electron chi connectivity index (χ4n) is 3.10. The van der Waals surface area contributed by atoms with Crippen molar-refractivity contribution in [2.24, 2.45) is 11.7 Å². The van der Waals surface area contributed by atoms with Crippen LogP contribution in [0.1, 0.15) is 38.8 Å². The first-order chi connectivity index (χ1) is 16.5. The maximum Gasteiger partial charge on any atom is 0.326 e. The summed E-state index contributed by atoms with van der Waals surface area (Å²) in [4.78, 5) is 67.7. The predicted octanol–water partition coefficient (Wildman–Crippen LogP) is -0.908. The molecular formula is C21H34N6O7S. The molecule has 1 rings (SSSR count). The number of imidazole rings is 1. The van der Waals surface area contributed by atoms with Crippen molar-refractivity contribution in [1.29, 1.82) is 0 Å².